The van der Waals surface area contributed by atoms with Crippen LogP contribution in [-0.4, -0.2) is 41.9 Å². The first-order valence-corrected chi connectivity index (χ1v) is 9.84. The molecule has 0 bridgehead atoms. The van der Waals surface area contributed by atoms with Gasteiger partial charge in [-0.1, -0.05) is 24.2 Å². The van der Waals surface area contributed by atoms with Crippen molar-refractivity contribution in [1.82, 2.24) is 34.8 Å². The van der Waals surface area contributed by atoms with E-state index >= 15 is 0 Å². The van der Waals surface area contributed by atoms with Crippen molar-refractivity contribution < 1.29 is 22.5 Å². The van der Waals surface area contributed by atoms with Gasteiger partial charge in [0.25, 0.3) is 0 Å². The second-order valence-electron chi connectivity index (χ2n) is 7.52. The normalized spacial score (nSPS) is 12.9. The van der Waals surface area contributed by atoms with E-state index in [4.69, 9.17) is 4.52 Å². The fourth-order valence-corrected chi connectivity index (χ4v) is 3.30. The number of hydrogen-bond acceptors (Lipinski definition) is 6. The first kappa shape index (κ1) is 21.5. The van der Waals surface area contributed by atoms with E-state index in [-0.39, 0.29) is 35.2 Å². The molecule has 3 heterocycles. The first-order valence-electron chi connectivity index (χ1n) is 9.84. The summed E-state index contributed by atoms with van der Waals surface area (Å²) in [6.07, 6.45) is -2.81. The minimum atomic E-state index is -4.66. The first-order chi connectivity index (χ1) is 15.2. The molecule has 0 saturated carbocycles. The van der Waals surface area contributed by atoms with Crippen LogP contribution in [0.3, 0.4) is 0 Å². The van der Waals surface area contributed by atoms with Crippen molar-refractivity contribution in [1.29, 1.82) is 0 Å². The fraction of sp³-hybridized carbons (Fsp3) is 0.350. The fourth-order valence-electron chi connectivity index (χ4n) is 3.30. The predicted molar refractivity (Wildman–Crippen MR) is 107 cm³/mol. The smallest absolute Gasteiger partial charge is 0.347 e. The largest absolute Gasteiger partial charge is 0.449 e. The van der Waals surface area contributed by atoms with Gasteiger partial charge in [-0.25, -0.2) is 4.98 Å². The Labute approximate surface area is 180 Å². The number of imidazole rings is 1. The maximum atomic E-state index is 13.4. The number of nitrogens with zero attached hydrogens (tertiary/aromatic N) is 6. The van der Waals surface area contributed by atoms with E-state index in [0.29, 0.717) is 13.1 Å². The standard InChI is InChI=1S/C20H20F3N7O2/c1-12(10-29-8-7-13(2)27-29)9-24-17(31)18-26-16(28-32-18)11-30-15-6-4-3-5-14(15)25-19(30)20(21,22)23/h3-8,12H,9-11H2,1-2H3,(H,24,31). The van der Waals surface area contributed by atoms with Crippen molar-refractivity contribution in [2.75, 3.05) is 6.54 Å². The van der Waals surface area contributed by atoms with E-state index in [1.807, 2.05) is 26.1 Å². The van der Waals surface area contributed by atoms with Crippen LogP contribution in [0.25, 0.3) is 11.0 Å². The molecule has 1 amide bonds. The van der Waals surface area contributed by atoms with Gasteiger partial charge in [0.15, 0.2) is 5.82 Å². The Bertz CT molecular complexity index is 1240. The molecule has 32 heavy (non-hydrogen) atoms. The van der Waals surface area contributed by atoms with Crippen LogP contribution < -0.4 is 5.32 Å². The summed E-state index contributed by atoms with van der Waals surface area (Å²) in [6, 6.07) is 8.11. The highest BCUT2D eigenvalue weighted by Crippen LogP contribution is 2.31. The van der Waals surface area contributed by atoms with E-state index in [0.717, 1.165) is 10.3 Å². The highest BCUT2D eigenvalue weighted by molar-refractivity contribution is 5.89. The lowest BCUT2D eigenvalue weighted by atomic mass is 10.2. The summed E-state index contributed by atoms with van der Waals surface area (Å²) in [5, 5.41) is 10.6. The minimum Gasteiger partial charge on any atom is -0.347 e. The Morgan fingerprint density at radius 1 is 1.22 bits per heavy atom. The number of hydrogen-bond donors (Lipinski definition) is 1. The number of amides is 1. The summed E-state index contributed by atoms with van der Waals surface area (Å²) in [5.74, 6) is -1.98. The molecule has 3 aromatic heterocycles. The van der Waals surface area contributed by atoms with Gasteiger partial charge in [0, 0.05) is 19.3 Å². The highest BCUT2D eigenvalue weighted by atomic mass is 19.4. The summed E-state index contributed by atoms with van der Waals surface area (Å²) in [7, 11) is 0. The zero-order valence-electron chi connectivity index (χ0n) is 17.3. The van der Waals surface area contributed by atoms with E-state index in [1.54, 1.807) is 16.8 Å². The van der Waals surface area contributed by atoms with Gasteiger partial charge in [0.05, 0.1) is 23.3 Å². The molecule has 1 N–H and O–H groups in total. The van der Waals surface area contributed by atoms with Gasteiger partial charge in [-0.3, -0.25) is 9.48 Å². The number of nitrogens with one attached hydrogen (secondary N) is 1. The number of halogens is 3. The SMILES string of the molecule is Cc1ccn(CC(C)CNC(=O)c2nc(Cn3c(C(F)(F)F)nc4ccccc43)no2)n1. The Morgan fingerprint density at radius 2 is 2.00 bits per heavy atom. The van der Waals surface area contributed by atoms with Crippen molar-refractivity contribution >= 4 is 16.9 Å². The van der Waals surface area contributed by atoms with Crippen LogP contribution in [0.4, 0.5) is 13.2 Å². The number of fused-ring (bicyclic) bond motifs is 1. The highest BCUT2D eigenvalue weighted by Gasteiger charge is 2.38. The van der Waals surface area contributed by atoms with Gasteiger partial charge in [-0.05, 0) is 31.0 Å². The summed E-state index contributed by atoms with van der Waals surface area (Å²) < 4.78 is 48.0. The number of para-hydroxylation sites is 2. The molecule has 168 valence electrons. The molecule has 4 rings (SSSR count). The van der Waals surface area contributed by atoms with Gasteiger partial charge >= 0.3 is 18.0 Å². The van der Waals surface area contributed by atoms with Gasteiger partial charge in [-0.15, -0.1) is 0 Å². The monoisotopic (exact) mass is 447 g/mol. The number of aryl methyl sites for hydroxylation is 1. The summed E-state index contributed by atoms with van der Waals surface area (Å²) in [5.41, 5.74) is 1.37. The average Bonchev–Trinajstić information content (AvgIpc) is 3.45. The minimum absolute atomic E-state index is 0.0659. The molecule has 0 spiro atoms. The average molecular weight is 447 g/mol. The van der Waals surface area contributed by atoms with Crippen LogP contribution in [0.15, 0.2) is 41.1 Å². The number of aromatic nitrogens is 6. The Kier molecular flexibility index (Phi) is 5.68. The van der Waals surface area contributed by atoms with Crippen LogP contribution in [0.5, 0.6) is 0 Å². The van der Waals surface area contributed by atoms with Crippen molar-refractivity contribution in [2.45, 2.75) is 33.1 Å². The summed E-state index contributed by atoms with van der Waals surface area (Å²) in [4.78, 5) is 20.0. The molecule has 1 aromatic carbocycles. The molecule has 1 unspecified atom stereocenters. The van der Waals surface area contributed by atoms with Crippen LogP contribution in [0.2, 0.25) is 0 Å². The lowest BCUT2D eigenvalue weighted by molar-refractivity contribution is -0.146. The van der Waals surface area contributed by atoms with E-state index < -0.39 is 17.9 Å². The van der Waals surface area contributed by atoms with Crippen LogP contribution in [0, 0.1) is 12.8 Å². The summed E-state index contributed by atoms with van der Waals surface area (Å²) >= 11 is 0. The zero-order valence-corrected chi connectivity index (χ0v) is 17.3. The Balaban J connectivity index is 1.43. The zero-order chi connectivity index (χ0) is 22.9. The molecule has 0 aliphatic heterocycles. The quantitative estimate of drug-likeness (QED) is 0.467. The lowest BCUT2D eigenvalue weighted by Crippen LogP contribution is -2.30. The molecule has 0 saturated heterocycles. The number of alkyl halides is 3. The third kappa shape index (κ3) is 4.63. The molecule has 0 fully saturated rings. The predicted octanol–water partition coefficient (Wildman–Crippen LogP) is 3.06. The molecular weight excluding hydrogens is 427 g/mol. The number of carbonyl (C=O) groups is 1. The molecule has 0 aliphatic rings. The number of carbonyl (C=O) groups excluding carboxylic acids is 1. The third-order valence-corrected chi connectivity index (χ3v) is 4.75. The Hall–Kier alpha value is -3.70. The molecule has 0 aliphatic carbocycles. The molecule has 4 aromatic rings. The van der Waals surface area contributed by atoms with E-state index in [9.17, 15) is 18.0 Å². The Morgan fingerprint density at radius 3 is 2.72 bits per heavy atom. The van der Waals surface area contributed by atoms with Gasteiger partial charge in [-0.2, -0.15) is 23.3 Å². The van der Waals surface area contributed by atoms with Crippen molar-refractivity contribution in [2.24, 2.45) is 5.92 Å². The molecule has 9 nitrogen and oxygen atoms in total. The van der Waals surface area contributed by atoms with Gasteiger partial charge < -0.3 is 14.4 Å². The van der Waals surface area contributed by atoms with Gasteiger partial charge in [0.2, 0.25) is 5.82 Å². The second kappa shape index (κ2) is 8.44. The topological polar surface area (TPSA) is 104 Å². The van der Waals surface area contributed by atoms with Crippen LogP contribution in [-0.2, 0) is 19.3 Å². The van der Waals surface area contributed by atoms with Crippen LogP contribution in [0.1, 0.15) is 35.0 Å². The second-order valence-corrected chi connectivity index (χ2v) is 7.52. The van der Waals surface area contributed by atoms with E-state index in [2.05, 4.69) is 25.5 Å². The maximum absolute atomic E-state index is 13.4. The van der Waals surface area contributed by atoms with Crippen LogP contribution >= 0.6 is 0 Å². The van der Waals surface area contributed by atoms with Crippen molar-refractivity contribution in [3.63, 3.8) is 0 Å². The lowest BCUT2D eigenvalue weighted by Gasteiger charge is -2.11. The number of rotatable bonds is 7. The third-order valence-electron chi connectivity index (χ3n) is 4.75. The number of benzene rings is 1. The van der Waals surface area contributed by atoms with E-state index in [1.165, 1.54) is 12.1 Å². The molecule has 1 atom stereocenters. The maximum Gasteiger partial charge on any atom is 0.449 e. The molecular formula is C20H20F3N7O2. The van der Waals surface area contributed by atoms with Crippen molar-refractivity contribution in [3.8, 4) is 0 Å². The summed E-state index contributed by atoms with van der Waals surface area (Å²) in [6.45, 7) is 4.43. The van der Waals surface area contributed by atoms with Gasteiger partial charge in [0.1, 0.15) is 0 Å². The molecule has 12 heteroatoms. The van der Waals surface area contributed by atoms with Crippen molar-refractivity contribution in [3.05, 3.63) is 59.8 Å². The molecule has 0 radical (unpaired) electrons.